The van der Waals surface area contributed by atoms with Crippen LogP contribution in [-0.2, 0) is 4.79 Å². The van der Waals surface area contributed by atoms with Crippen molar-refractivity contribution in [1.82, 2.24) is 4.90 Å². The molecule has 0 spiro atoms. The largest absolute Gasteiger partial charge is 0.300 e. The summed E-state index contributed by atoms with van der Waals surface area (Å²) in [5, 5.41) is 0. The maximum Gasteiger partial charge on any atom is 0.135 e. The first-order valence-corrected chi connectivity index (χ1v) is 5.53. The van der Waals surface area contributed by atoms with Gasteiger partial charge in [-0.1, -0.05) is 6.42 Å². The molecule has 1 saturated carbocycles. The summed E-state index contributed by atoms with van der Waals surface area (Å²) in [6.45, 7) is 4.35. The molecular formula is C11H19NO. The lowest BCUT2D eigenvalue weighted by Gasteiger charge is -2.40. The monoisotopic (exact) mass is 181 g/mol. The third-order valence-electron chi connectivity index (χ3n) is 3.76. The van der Waals surface area contributed by atoms with E-state index in [1.807, 2.05) is 0 Å². The van der Waals surface area contributed by atoms with Crippen molar-refractivity contribution in [3.05, 3.63) is 0 Å². The van der Waals surface area contributed by atoms with Crippen molar-refractivity contribution in [3.63, 3.8) is 0 Å². The van der Waals surface area contributed by atoms with E-state index in [0.29, 0.717) is 5.78 Å². The fourth-order valence-corrected chi connectivity index (χ4v) is 2.40. The Kier molecular flexibility index (Phi) is 2.68. The number of Topliss-reactive ketones (excluding diaryl/α,β-unsaturated/α-hetero) is 1. The minimum absolute atomic E-state index is 0.456. The Hall–Kier alpha value is -0.370. The Balaban J connectivity index is 1.82. The molecule has 1 aliphatic carbocycles. The van der Waals surface area contributed by atoms with Gasteiger partial charge in [-0.2, -0.15) is 0 Å². The maximum absolute atomic E-state index is 11.1. The first-order valence-electron chi connectivity index (χ1n) is 5.53. The SMILES string of the molecule is CC(C1CCC1)N1CCC(=O)CC1. The molecule has 0 aromatic heterocycles. The number of carbonyl (C=O) groups excluding carboxylic acids is 1. The lowest BCUT2D eigenvalue weighted by atomic mass is 9.79. The Labute approximate surface area is 80.3 Å². The Morgan fingerprint density at radius 2 is 1.92 bits per heavy atom. The standard InChI is InChI=1S/C11H19NO/c1-9(10-3-2-4-10)12-7-5-11(13)6-8-12/h9-10H,2-8H2,1H3. The predicted molar refractivity (Wildman–Crippen MR) is 52.6 cm³/mol. The van der Waals surface area contributed by atoms with Crippen molar-refractivity contribution < 1.29 is 4.79 Å². The minimum Gasteiger partial charge on any atom is -0.300 e. The van der Waals surface area contributed by atoms with Gasteiger partial charge in [-0.3, -0.25) is 9.69 Å². The minimum atomic E-state index is 0.456. The van der Waals surface area contributed by atoms with Crippen LogP contribution in [0.5, 0.6) is 0 Å². The van der Waals surface area contributed by atoms with Crippen molar-refractivity contribution in [3.8, 4) is 0 Å². The highest BCUT2D eigenvalue weighted by Crippen LogP contribution is 2.32. The van der Waals surface area contributed by atoms with Gasteiger partial charge in [-0.25, -0.2) is 0 Å². The number of ketones is 1. The quantitative estimate of drug-likeness (QED) is 0.648. The van der Waals surface area contributed by atoms with Gasteiger partial charge in [0, 0.05) is 32.0 Å². The molecule has 2 nitrogen and oxygen atoms in total. The summed E-state index contributed by atoms with van der Waals surface area (Å²) < 4.78 is 0. The zero-order chi connectivity index (χ0) is 9.26. The van der Waals surface area contributed by atoms with Crippen molar-refractivity contribution in [2.24, 2.45) is 5.92 Å². The van der Waals surface area contributed by atoms with Crippen LogP contribution in [0.4, 0.5) is 0 Å². The molecule has 0 aromatic rings. The van der Waals surface area contributed by atoms with Crippen LogP contribution in [0.25, 0.3) is 0 Å². The second-order valence-corrected chi connectivity index (χ2v) is 4.51. The van der Waals surface area contributed by atoms with Crippen LogP contribution in [0.2, 0.25) is 0 Å². The molecule has 1 saturated heterocycles. The highest BCUT2D eigenvalue weighted by Gasteiger charge is 2.29. The van der Waals surface area contributed by atoms with Gasteiger partial charge in [0.1, 0.15) is 5.78 Å². The molecule has 2 heteroatoms. The van der Waals surface area contributed by atoms with Crippen molar-refractivity contribution in [2.75, 3.05) is 13.1 Å². The Morgan fingerprint density at radius 1 is 1.31 bits per heavy atom. The molecule has 2 aliphatic rings. The van der Waals surface area contributed by atoms with Gasteiger partial charge in [0.2, 0.25) is 0 Å². The van der Waals surface area contributed by atoms with E-state index in [-0.39, 0.29) is 0 Å². The third-order valence-corrected chi connectivity index (χ3v) is 3.76. The fourth-order valence-electron chi connectivity index (χ4n) is 2.40. The van der Waals surface area contributed by atoms with E-state index in [0.717, 1.165) is 37.9 Å². The van der Waals surface area contributed by atoms with E-state index in [9.17, 15) is 4.79 Å². The second-order valence-electron chi connectivity index (χ2n) is 4.51. The molecule has 0 aromatic carbocycles. The molecule has 0 bridgehead atoms. The zero-order valence-corrected chi connectivity index (χ0v) is 8.46. The summed E-state index contributed by atoms with van der Waals surface area (Å²) in [7, 11) is 0. The van der Waals surface area contributed by atoms with Crippen LogP contribution >= 0.6 is 0 Å². The van der Waals surface area contributed by atoms with Crippen LogP contribution in [0.1, 0.15) is 39.0 Å². The lowest BCUT2D eigenvalue weighted by Crippen LogP contribution is -2.45. The van der Waals surface area contributed by atoms with Crippen LogP contribution in [0.3, 0.4) is 0 Å². The number of likely N-dealkylation sites (tertiary alicyclic amines) is 1. The third kappa shape index (κ3) is 1.93. The molecule has 1 heterocycles. The smallest absolute Gasteiger partial charge is 0.135 e. The first-order chi connectivity index (χ1) is 6.27. The van der Waals surface area contributed by atoms with E-state index in [2.05, 4.69) is 11.8 Å². The summed E-state index contributed by atoms with van der Waals surface area (Å²) in [5.74, 6) is 1.38. The van der Waals surface area contributed by atoms with Gasteiger partial charge >= 0.3 is 0 Å². The van der Waals surface area contributed by atoms with Crippen LogP contribution < -0.4 is 0 Å². The fraction of sp³-hybridized carbons (Fsp3) is 0.909. The normalized spacial score (nSPS) is 28.5. The van der Waals surface area contributed by atoms with Gasteiger partial charge in [-0.05, 0) is 25.7 Å². The number of hydrogen-bond donors (Lipinski definition) is 0. The van der Waals surface area contributed by atoms with Gasteiger partial charge < -0.3 is 0 Å². The molecular weight excluding hydrogens is 162 g/mol. The van der Waals surface area contributed by atoms with Crippen LogP contribution in [-0.4, -0.2) is 29.8 Å². The molecule has 1 aliphatic heterocycles. The Morgan fingerprint density at radius 3 is 2.38 bits per heavy atom. The molecule has 0 N–H and O–H groups in total. The summed E-state index contributed by atoms with van der Waals surface area (Å²) in [5.41, 5.74) is 0. The molecule has 2 fully saturated rings. The maximum atomic E-state index is 11.1. The summed E-state index contributed by atoms with van der Waals surface area (Å²) in [6.07, 6.45) is 5.81. The second kappa shape index (κ2) is 3.79. The van der Waals surface area contributed by atoms with E-state index in [1.54, 1.807) is 0 Å². The number of nitrogens with zero attached hydrogens (tertiary/aromatic N) is 1. The predicted octanol–water partition coefficient (Wildman–Crippen LogP) is 1.84. The molecule has 2 rings (SSSR count). The van der Waals surface area contributed by atoms with Gasteiger partial charge in [0.05, 0.1) is 0 Å². The van der Waals surface area contributed by atoms with Crippen molar-refractivity contribution >= 4 is 5.78 Å². The van der Waals surface area contributed by atoms with Crippen LogP contribution in [0, 0.1) is 5.92 Å². The molecule has 0 amide bonds. The zero-order valence-electron chi connectivity index (χ0n) is 8.46. The highest BCUT2D eigenvalue weighted by atomic mass is 16.1. The van der Waals surface area contributed by atoms with Gasteiger partial charge in [0.25, 0.3) is 0 Å². The van der Waals surface area contributed by atoms with E-state index < -0.39 is 0 Å². The van der Waals surface area contributed by atoms with Crippen LogP contribution in [0.15, 0.2) is 0 Å². The average Bonchev–Trinajstić information content (AvgIpc) is 2.02. The van der Waals surface area contributed by atoms with Gasteiger partial charge in [0.15, 0.2) is 0 Å². The first kappa shape index (κ1) is 9.20. The molecule has 0 radical (unpaired) electrons. The summed E-state index contributed by atoms with van der Waals surface area (Å²) in [6, 6.07) is 0.724. The van der Waals surface area contributed by atoms with E-state index in [4.69, 9.17) is 0 Å². The Bertz CT molecular complexity index is 188. The molecule has 1 unspecified atom stereocenters. The van der Waals surface area contributed by atoms with Crippen molar-refractivity contribution in [1.29, 1.82) is 0 Å². The number of hydrogen-bond acceptors (Lipinski definition) is 2. The average molecular weight is 181 g/mol. The number of rotatable bonds is 2. The van der Waals surface area contributed by atoms with E-state index >= 15 is 0 Å². The van der Waals surface area contributed by atoms with E-state index in [1.165, 1.54) is 19.3 Å². The number of piperidine rings is 1. The van der Waals surface area contributed by atoms with Crippen molar-refractivity contribution in [2.45, 2.75) is 45.1 Å². The molecule has 1 atom stereocenters. The molecule has 74 valence electrons. The highest BCUT2D eigenvalue weighted by molar-refractivity contribution is 5.79. The lowest BCUT2D eigenvalue weighted by molar-refractivity contribution is -0.122. The molecule has 13 heavy (non-hydrogen) atoms. The number of carbonyl (C=O) groups is 1. The van der Waals surface area contributed by atoms with Gasteiger partial charge in [-0.15, -0.1) is 0 Å². The summed E-state index contributed by atoms with van der Waals surface area (Å²) in [4.78, 5) is 13.6. The topological polar surface area (TPSA) is 20.3 Å². The summed E-state index contributed by atoms with van der Waals surface area (Å²) >= 11 is 0.